The molecule has 2 heterocycles. The monoisotopic (exact) mass is 620 g/mol. The second-order valence-corrected chi connectivity index (χ2v) is 11.7. The van der Waals surface area contributed by atoms with Crippen LogP contribution < -0.4 is 24.4 Å². The molecular formula is C32H29ClN2O5S2. The highest BCUT2D eigenvalue weighted by Gasteiger charge is 2.33. The van der Waals surface area contributed by atoms with Crippen molar-refractivity contribution in [3.8, 4) is 11.5 Å². The number of ether oxygens (including phenoxy) is 3. The number of rotatable bonds is 9. The van der Waals surface area contributed by atoms with Crippen LogP contribution in [0.4, 0.5) is 0 Å². The van der Waals surface area contributed by atoms with Crippen LogP contribution in [-0.2, 0) is 16.1 Å². The number of methoxy groups -OCH3 is 1. The molecule has 10 heteroatoms. The van der Waals surface area contributed by atoms with Gasteiger partial charge in [-0.3, -0.25) is 9.36 Å². The highest BCUT2D eigenvalue weighted by molar-refractivity contribution is 7.98. The molecule has 1 aromatic heterocycles. The third-order valence-corrected chi connectivity index (χ3v) is 8.72. The van der Waals surface area contributed by atoms with Gasteiger partial charge in [-0.05, 0) is 79.3 Å². The minimum atomic E-state index is -0.656. The number of halogens is 1. The smallest absolute Gasteiger partial charge is 0.338 e. The van der Waals surface area contributed by atoms with Crippen molar-refractivity contribution in [3.05, 3.63) is 119 Å². The van der Waals surface area contributed by atoms with E-state index in [4.69, 9.17) is 25.8 Å². The van der Waals surface area contributed by atoms with Crippen LogP contribution >= 0.6 is 34.7 Å². The summed E-state index contributed by atoms with van der Waals surface area (Å²) in [6.45, 7) is 4.11. The molecule has 1 aliphatic rings. The van der Waals surface area contributed by atoms with Gasteiger partial charge in [0, 0.05) is 9.92 Å². The van der Waals surface area contributed by atoms with Crippen LogP contribution in [0.15, 0.2) is 92.7 Å². The van der Waals surface area contributed by atoms with Crippen LogP contribution in [0, 0.1) is 0 Å². The van der Waals surface area contributed by atoms with Crippen LogP contribution in [0.3, 0.4) is 0 Å². The zero-order chi connectivity index (χ0) is 29.8. The van der Waals surface area contributed by atoms with Gasteiger partial charge in [-0.25, -0.2) is 9.79 Å². The molecule has 0 saturated heterocycles. The summed E-state index contributed by atoms with van der Waals surface area (Å²) in [5.74, 6) is 0.637. The van der Waals surface area contributed by atoms with Gasteiger partial charge in [-0.2, -0.15) is 0 Å². The molecular weight excluding hydrogens is 592 g/mol. The van der Waals surface area contributed by atoms with Crippen LogP contribution in [0.25, 0.3) is 6.08 Å². The molecule has 0 aliphatic carbocycles. The molecule has 42 heavy (non-hydrogen) atoms. The van der Waals surface area contributed by atoms with Crippen LogP contribution in [0.1, 0.15) is 36.6 Å². The quantitative estimate of drug-likeness (QED) is 0.175. The molecule has 216 valence electrons. The topological polar surface area (TPSA) is 79.1 Å². The number of fused-ring (bicyclic) bond motifs is 1. The molecule has 0 radical (unpaired) electrons. The molecule has 0 spiro atoms. The summed E-state index contributed by atoms with van der Waals surface area (Å²) in [5, 5.41) is 0.665. The van der Waals surface area contributed by atoms with Gasteiger partial charge in [-0.15, -0.1) is 11.8 Å². The maximum Gasteiger partial charge on any atom is 0.338 e. The molecule has 0 N–H and O–H groups in total. The van der Waals surface area contributed by atoms with Crippen LogP contribution in [0.5, 0.6) is 11.5 Å². The Morgan fingerprint density at radius 1 is 1.10 bits per heavy atom. The van der Waals surface area contributed by atoms with Crippen LogP contribution in [-0.4, -0.2) is 30.5 Å². The van der Waals surface area contributed by atoms with E-state index >= 15 is 0 Å². The Labute approximate surface area is 256 Å². The Bertz CT molecular complexity index is 1830. The van der Waals surface area contributed by atoms with Crippen molar-refractivity contribution < 1.29 is 19.0 Å². The number of nitrogens with zero attached hydrogens (tertiary/aromatic N) is 2. The van der Waals surface area contributed by atoms with Gasteiger partial charge in [0.05, 0.1) is 35.6 Å². The van der Waals surface area contributed by atoms with Gasteiger partial charge in [0.15, 0.2) is 16.3 Å². The third kappa shape index (κ3) is 6.18. The first-order valence-corrected chi connectivity index (χ1v) is 15.6. The number of carbonyl (C=O) groups is 1. The molecule has 3 aromatic carbocycles. The Kier molecular flexibility index (Phi) is 9.21. The fraction of sp³-hybridized carbons (Fsp3) is 0.219. The number of esters is 1. The zero-order valence-electron chi connectivity index (χ0n) is 23.5. The average Bonchev–Trinajstić information content (AvgIpc) is 3.30. The van der Waals surface area contributed by atoms with Gasteiger partial charge in [0.2, 0.25) is 0 Å². The minimum absolute atomic E-state index is 0.222. The lowest BCUT2D eigenvalue weighted by Crippen LogP contribution is -2.39. The fourth-order valence-corrected chi connectivity index (χ4v) is 6.26. The first-order chi connectivity index (χ1) is 20.3. The molecule has 0 amide bonds. The molecule has 1 unspecified atom stereocenters. The van der Waals surface area contributed by atoms with Crippen molar-refractivity contribution in [3.63, 3.8) is 0 Å². The van der Waals surface area contributed by atoms with Gasteiger partial charge < -0.3 is 14.2 Å². The van der Waals surface area contributed by atoms with E-state index in [-0.39, 0.29) is 12.2 Å². The molecule has 4 aromatic rings. The number of thiazole rings is 1. The summed E-state index contributed by atoms with van der Waals surface area (Å²) in [5.41, 5.74) is 3.19. The van der Waals surface area contributed by atoms with Crippen molar-refractivity contribution in [1.29, 1.82) is 0 Å². The fourth-order valence-electron chi connectivity index (χ4n) is 4.68. The minimum Gasteiger partial charge on any atom is -0.493 e. The number of benzene rings is 3. The Morgan fingerprint density at radius 3 is 2.50 bits per heavy atom. The molecule has 0 fully saturated rings. The second kappa shape index (κ2) is 13.0. The highest BCUT2D eigenvalue weighted by Crippen LogP contribution is 2.32. The standard InChI is InChI=1S/C32H29ClN2O5S2/c1-5-39-31(37)28-19(2)34-32-35(29(28)22-9-13-24(41-4)14-10-22)30(36)27(42-32)17-21-8-15-25(26(16-21)38-3)40-18-20-6-11-23(33)12-7-20/h6-17,29H,5,18H2,1-4H3/b27-17-. The van der Waals surface area contributed by atoms with E-state index in [0.29, 0.717) is 43.7 Å². The van der Waals surface area contributed by atoms with Crippen molar-refractivity contribution >= 4 is 46.7 Å². The Balaban J connectivity index is 1.53. The number of aromatic nitrogens is 1. The maximum absolute atomic E-state index is 13.9. The normalized spacial score (nSPS) is 14.8. The van der Waals surface area contributed by atoms with E-state index in [1.165, 1.54) is 11.3 Å². The van der Waals surface area contributed by atoms with Gasteiger partial charge >= 0.3 is 5.97 Å². The first kappa shape index (κ1) is 29.7. The van der Waals surface area contributed by atoms with Crippen molar-refractivity contribution in [2.24, 2.45) is 4.99 Å². The number of hydrogen-bond acceptors (Lipinski definition) is 8. The summed E-state index contributed by atoms with van der Waals surface area (Å²) >= 11 is 8.88. The molecule has 0 bridgehead atoms. The second-order valence-electron chi connectivity index (χ2n) is 9.40. The highest BCUT2D eigenvalue weighted by atomic mass is 35.5. The molecule has 7 nitrogen and oxygen atoms in total. The van der Waals surface area contributed by atoms with E-state index in [9.17, 15) is 9.59 Å². The number of thioether (sulfide) groups is 1. The van der Waals surface area contributed by atoms with Gasteiger partial charge in [0.25, 0.3) is 5.56 Å². The van der Waals surface area contributed by atoms with E-state index in [0.717, 1.165) is 21.6 Å². The number of hydrogen-bond donors (Lipinski definition) is 0. The van der Waals surface area contributed by atoms with E-state index in [1.54, 1.807) is 43.4 Å². The van der Waals surface area contributed by atoms with E-state index in [2.05, 4.69) is 4.99 Å². The van der Waals surface area contributed by atoms with E-state index < -0.39 is 12.0 Å². The molecule has 0 saturated carbocycles. The summed E-state index contributed by atoms with van der Waals surface area (Å²) in [6, 6.07) is 20.1. The predicted molar refractivity (Wildman–Crippen MR) is 167 cm³/mol. The molecule has 5 rings (SSSR count). The Hall–Kier alpha value is -3.79. The van der Waals surface area contributed by atoms with Crippen molar-refractivity contribution in [1.82, 2.24) is 4.57 Å². The molecule has 1 atom stereocenters. The third-order valence-electron chi connectivity index (χ3n) is 6.74. The first-order valence-electron chi connectivity index (χ1n) is 13.2. The predicted octanol–water partition coefficient (Wildman–Crippen LogP) is 5.76. The number of carbonyl (C=O) groups excluding carboxylic acids is 1. The maximum atomic E-state index is 13.9. The van der Waals surface area contributed by atoms with Gasteiger partial charge in [0.1, 0.15) is 6.61 Å². The van der Waals surface area contributed by atoms with Gasteiger partial charge in [-0.1, -0.05) is 53.3 Å². The zero-order valence-corrected chi connectivity index (χ0v) is 25.9. The van der Waals surface area contributed by atoms with E-state index in [1.807, 2.05) is 73.0 Å². The summed E-state index contributed by atoms with van der Waals surface area (Å²) in [6.07, 6.45) is 3.80. The SMILES string of the molecule is CCOC(=O)C1=C(C)N=c2s/c(=C\c3ccc(OCc4ccc(Cl)cc4)c(OC)c3)c(=O)n2C1c1ccc(SC)cc1. The lowest BCUT2D eigenvalue weighted by atomic mass is 9.96. The summed E-state index contributed by atoms with van der Waals surface area (Å²) in [4.78, 5) is 33.3. The van der Waals surface area contributed by atoms with Crippen molar-refractivity contribution in [2.75, 3.05) is 20.0 Å². The molecule has 1 aliphatic heterocycles. The number of allylic oxidation sites excluding steroid dienone is 1. The van der Waals surface area contributed by atoms with Crippen molar-refractivity contribution in [2.45, 2.75) is 31.4 Å². The van der Waals surface area contributed by atoms with Crippen LogP contribution in [0.2, 0.25) is 5.02 Å². The lowest BCUT2D eigenvalue weighted by Gasteiger charge is -2.24. The Morgan fingerprint density at radius 2 is 1.83 bits per heavy atom. The lowest BCUT2D eigenvalue weighted by molar-refractivity contribution is -0.139. The summed E-state index contributed by atoms with van der Waals surface area (Å²) in [7, 11) is 1.57. The summed E-state index contributed by atoms with van der Waals surface area (Å²) < 4.78 is 19.0. The average molecular weight is 621 g/mol. The largest absolute Gasteiger partial charge is 0.493 e.